The average Bonchev–Trinajstić information content (AvgIpc) is 2.35. The second kappa shape index (κ2) is 5.86. The van der Waals surface area contributed by atoms with Gasteiger partial charge in [0.2, 0.25) is 0 Å². The van der Waals surface area contributed by atoms with Gasteiger partial charge in [-0.3, -0.25) is 4.55 Å². The largest absolute Gasteiger partial charge is 0.508 e. The summed E-state index contributed by atoms with van der Waals surface area (Å²) in [5.41, 5.74) is 1.34. The van der Waals surface area contributed by atoms with Crippen molar-refractivity contribution in [3.05, 3.63) is 53.6 Å². The Morgan fingerprint density at radius 2 is 1.38 bits per heavy atom. The lowest BCUT2D eigenvalue weighted by Gasteiger charge is -2.01. The van der Waals surface area contributed by atoms with Crippen LogP contribution in [0.4, 0.5) is 0 Å². The van der Waals surface area contributed by atoms with Gasteiger partial charge in [0, 0.05) is 6.07 Å². The van der Waals surface area contributed by atoms with E-state index in [9.17, 15) is 18.6 Å². The minimum Gasteiger partial charge on any atom is -0.508 e. The lowest BCUT2D eigenvalue weighted by molar-refractivity contribution is 0.387. The van der Waals surface area contributed by atoms with Gasteiger partial charge in [-0.1, -0.05) is 24.3 Å². The Morgan fingerprint density at radius 1 is 0.857 bits per heavy atom. The Morgan fingerprint density at radius 3 is 1.90 bits per heavy atom. The minimum atomic E-state index is -4.53. The van der Waals surface area contributed by atoms with Crippen molar-refractivity contribution < 1.29 is 27.4 Å². The molecule has 0 aliphatic rings. The second-order valence-corrected chi connectivity index (χ2v) is 5.22. The molecule has 0 saturated heterocycles. The molecule has 2 aromatic rings. The third-order valence-corrected chi connectivity index (χ3v) is 2.88. The standard InChI is InChI=1S/C14H12O6S/c15-12-7-11(8-13(16)9-12)2-1-10-3-5-14(6-4-10)20-21(17,18)19/h1-9,15-16H,(H,17,18,19)/b2-1-. The normalized spacial score (nSPS) is 11.7. The van der Waals surface area contributed by atoms with Gasteiger partial charge in [-0.2, -0.15) is 8.42 Å². The summed E-state index contributed by atoms with van der Waals surface area (Å²) < 4.78 is 33.9. The zero-order valence-electron chi connectivity index (χ0n) is 10.7. The predicted molar refractivity (Wildman–Crippen MR) is 77.3 cm³/mol. The predicted octanol–water partition coefficient (Wildman–Crippen LogP) is 2.45. The first-order chi connectivity index (χ1) is 9.82. The Hall–Kier alpha value is -2.51. The van der Waals surface area contributed by atoms with Crippen molar-refractivity contribution in [3.8, 4) is 17.2 Å². The lowest BCUT2D eigenvalue weighted by atomic mass is 10.1. The highest BCUT2D eigenvalue weighted by Crippen LogP contribution is 2.22. The summed E-state index contributed by atoms with van der Waals surface area (Å²) in [6.07, 6.45) is 3.36. The van der Waals surface area contributed by atoms with Crippen LogP contribution in [0.25, 0.3) is 12.2 Å². The van der Waals surface area contributed by atoms with Crippen molar-refractivity contribution in [2.24, 2.45) is 0 Å². The molecule has 0 aliphatic heterocycles. The molecule has 110 valence electrons. The first-order valence-electron chi connectivity index (χ1n) is 5.80. The van der Waals surface area contributed by atoms with Crippen molar-refractivity contribution in [2.45, 2.75) is 0 Å². The third kappa shape index (κ3) is 4.83. The Labute approximate surface area is 121 Å². The smallest absolute Gasteiger partial charge is 0.446 e. The maximum atomic E-state index is 10.5. The van der Waals surface area contributed by atoms with Gasteiger partial charge in [0.15, 0.2) is 0 Å². The molecule has 2 rings (SSSR count). The zero-order chi connectivity index (χ0) is 15.5. The van der Waals surface area contributed by atoms with E-state index in [1.165, 1.54) is 30.3 Å². The first kappa shape index (κ1) is 14.9. The molecule has 0 fully saturated rings. The molecule has 2 aromatic carbocycles. The molecule has 0 heterocycles. The number of benzene rings is 2. The van der Waals surface area contributed by atoms with E-state index in [2.05, 4.69) is 4.18 Å². The van der Waals surface area contributed by atoms with Crippen LogP contribution < -0.4 is 4.18 Å². The average molecular weight is 308 g/mol. The number of hydrogen-bond acceptors (Lipinski definition) is 5. The quantitative estimate of drug-likeness (QED) is 0.592. The maximum absolute atomic E-state index is 10.5. The van der Waals surface area contributed by atoms with Crippen LogP contribution in [0.1, 0.15) is 11.1 Å². The summed E-state index contributed by atoms with van der Waals surface area (Å²) in [5, 5.41) is 18.7. The fraction of sp³-hybridized carbons (Fsp3) is 0. The molecule has 6 nitrogen and oxygen atoms in total. The van der Waals surface area contributed by atoms with Crippen LogP contribution in [0.3, 0.4) is 0 Å². The minimum absolute atomic E-state index is 0.00958. The van der Waals surface area contributed by atoms with Gasteiger partial charge in [-0.15, -0.1) is 0 Å². The van der Waals surface area contributed by atoms with E-state index in [4.69, 9.17) is 4.55 Å². The summed E-state index contributed by atoms with van der Waals surface area (Å²) in [6.45, 7) is 0. The van der Waals surface area contributed by atoms with Gasteiger partial charge < -0.3 is 14.4 Å². The third-order valence-electron chi connectivity index (χ3n) is 2.47. The molecule has 0 spiro atoms. The number of hydrogen-bond donors (Lipinski definition) is 3. The number of phenols is 2. The van der Waals surface area contributed by atoms with Crippen LogP contribution >= 0.6 is 0 Å². The first-order valence-corrected chi connectivity index (χ1v) is 7.16. The summed E-state index contributed by atoms with van der Waals surface area (Å²) in [7, 11) is -4.53. The van der Waals surface area contributed by atoms with E-state index in [1.807, 2.05) is 0 Å². The van der Waals surface area contributed by atoms with Gasteiger partial charge in [-0.05, 0) is 35.4 Å². The molecule has 0 saturated carbocycles. The van der Waals surface area contributed by atoms with Gasteiger partial charge in [0.05, 0.1) is 0 Å². The fourth-order valence-corrected chi connectivity index (χ4v) is 2.02. The van der Waals surface area contributed by atoms with Gasteiger partial charge in [0.25, 0.3) is 0 Å². The molecular weight excluding hydrogens is 296 g/mol. The van der Waals surface area contributed by atoms with Crippen molar-refractivity contribution in [2.75, 3.05) is 0 Å². The summed E-state index contributed by atoms with van der Waals surface area (Å²) in [6, 6.07) is 10.1. The number of rotatable bonds is 4. The van der Waals surface area contributed by atoms with Crippen molar-refractivity contribution in [1.82, 2.24) is 0 Å². The number of aromatic hydroxyl groups is 2. The van der Waals surface area contributed by atoms with Crippen LogP contribution in [-0.4, -0.2) is 23.2 Å². The van der Waals surface area contributed by atoms with Crippen molar-refractivity contribution in [3.63, 3.8) is 0 Å². The molecule has 3 N–H and O–H groups in total. The van der Waals surface area contributed by atoms with E-state index in [-0.39, 0.29) is 17.2 Å². The van der Waals surface area contributed by atoms with Crippen LogP contribution in [-0.2, 0) is 10.4 Å². The topological polar surface area (TPSA) is 104 Å². The molecule has 0 radical (unpaired) electrons. The van der Waals surface area contributed by atoms with Crippen LogP contribution in [0.15, 0.2) is 42.5 Å². The monoisotopic (exact) mass is 308 g/mol. The summed E-state index contributed by atoms with van der Waals surface area (Å²) >= 11 is 0. The van der Waals surface area contributed by atoms with Crippen molar-refractivity contribution in [1.29, 1.82) is 0 Å². The molecule has 0 atom stereocenters. The van der Waals surface area contributed by atoms with Gasteiger partial charge >= 0.3 is 10.4 Å². The van der Waals surface area contributed by atoms with Crippen LogP contribution in [0.2, 0.25) is 0 Å². The molecule has 7 heteroatoms. The summed E-state index contributed by atoms with van der Waals surface area (Å²) in [4.78, 5) is 0. The molecule has 0 aliphatic carbocycles. The van der Waals surface area contributed by atoms with Gasteiger partial charge in [-0.25, -0.2) is 0 Å². The van der Waals surface area contributed by atoms with Crippen molar-refractivity contribution >= 4 is 22.6 Å². The Balaban J connectivity index is 2.14. The lowest BCUT2D eigenvalue weighted by Crippen LogP contribution is -2.06. The Bertz CT molecular complexity index is 742. The Kier molecular flexibility index (Phi) is 4.15. The fourth-order valence-electron chi connectivity index (χ4n) is 1.66. The molecule has 0 unspecified atom stereocenters. The van der Waals surface area contributed by atoms with Crippen LogP contribution in [0.5, 0.6) is 17.2 Å². The van der Waals surface area contributed by atoms with Crippen LogP contribution in [0, 0.1) is 0 Å². The summed E-state index contributed by atoms with van der Waals surface area (Å²) in [5.74, 6) is -0.109. The number of phenolic OH excluding ortho intramolecular Hbond substituents is 2. The molecule has 0 aromatic heterocycles. The van der Waals surface area contributed by atoms with E-state index >= 15 is 0 Å². The molecule has 21 heavy (non-hydrogen) atoms. The van der Waals surface area contributed by atoms with E-state index in [0.717, 1.165) is 5.56 Å². The highest BCUT2D eigenvalue weighted by Gasteiger charge is 2.05. The molecular formula is C14H12O6S. The van der Waals surface area contributed by atoms with Gasteiger partial charge in [0.1, 0.15) is 17.2 Å². The highest BCUT2D eigenvalue weighted by atomic mass is 32.3. The highest BCUT2D eigenvalue weighted by molar-refractivity contribution is 7.81. The maximum Gasteiger partial charge on any atom is 0.446 e. The molecule has 0 bridgehead atoms. The molecule has 0 amide bonds. The van der Waals surface area contributed by atoms with E-state index in [1.54, 1.807) is 24.3 Å². The zero-order valence-corrected chi connectivity index (χ0v) is 11.5. The van der Waals surface area contributed by atoms with E-state index in [0.29, 0.717) is 5.56 Å². The van der Waals surface area contributed by atoms with E-state index < -0.39 is 10.4 Å². The SMILES string of the molecule is O=S(=O)(O)Oc1ccc(/C=C\c2cc(O)cc(O)c2)cc1. The second-order valence-electron chi connectivity index (χ2n) is 4.20.